The standard InChI is InChI=1S/C14H21NO5S/c1-14(2,3)7-8-15-21(18,19)10-5-6-12(16)11(9-10)13(17)20-4/h5-6,9,15-16H,7-8H2,1-4H3. The molecule has 1 rings (SSSR count). The topological polar surface area (TPSA) is 92.7 Å². The first-order chi connectivity index (χ1) is 9.57. The van der Waals surface area contributed by atoms with E-state index in [1.165, 1.54) is 6.07 Å². The van der Waals surface area contributed by atoms with Crippen molar-refractivity contribution in [3.63, 3.8) is 0 Å². The van der Waals surface area contributed by atoms with Crippen LogP contribution < -0.4 is 4.72 Å². The second-order valence-electron chi connectivity index (χ2n) is 5.88. The van der Waals surface area contributed by atoms with Crippen LogP contribution in [-0.4, -0.2) is 33.1 Å². The first-order valence-electron chi connectivity index (χ1n) is 6.48. The monoisotopic (exact) mass is 315 g/mol. The Labute approximate surface area is 125 Å². The molecule has 7 heteroatoms. The van der Waals surface area contributed by atoms with E-state index in [1.807, 2.05) is 20.8 Å². The number of ether oxygens (including phenoxy) is 1. The molecule has 1 aromatic carbocycles. The Morgan fingerprint density at radius 1 is 1.33 bits per heavy atom. The zero-order chi connectivity index (χ0) is 16.3. The molecule has 0 fully saturated rings. The van der Waals surface area contributed by atoms with Gasteiger partial charge in [-0.1, -0.05) is 20.8 Å². The molecule has 0 bridgehead atoms. The van der Waals surface area contributed by atoms with Gasteiger partial charge in [-0.15, -0.1) is 0 Å². The Hall–Kier alpha value is -1.60. The molecule has 118 valence electrons. The van der Waals surface area contributed by atoms with Gasteiger partial charge in [-0.3, -0.25) is 0 Å². The molecule has 0 aliphatic carbocycles. The first kappa shape index (κ1) is 17.5. The largest absolute Gasteiger partial charge is 0.507 e. The van der Waals surface area contributed by atoms with E-state index in [-0.39, 0.29) is 21.6 Å². The number of nitrogens with one attached hydrogen (secondary N) is 1. The number of carbonyl (C=O) groups is 1. The highest BCUT2D eigenvalue weighted by Crippen LogP contribution is 2.22. The van der Waals surface area contributed by atoms with E-state index in [2.05, 4.69) is 9.46 Å². The van der Waals surface area contributed by atoms with Crippen molar-refractivity contribution in [3.8, 4) is 5.75 Å². The van der Waals surface area contributed by atoms with Crippen molar-refractivity contribution < 1.29 is 23.1 Å². The number of hydrogen-bond donors (Lipinski definition) is 2. The fourth-order valence-corrected chi connectivity index (χ4v) is 2.66. The lowest BCUT2D eigenvalue weighted by molar-refractivity contribution is 0.0597. The van der Waals surface area contributed by atoms with Gasteiger partial charge in [0.25, 0.3) is 0 Å². The van der Waals surface area contributed by atoms with Crippen LogP contribution in [0.1, 0.15) is 37.6 Å². The highest BCUT2D eigenvalue weighted by Gasteiger charge is 2.20. The Bertz CT molecular complexity index is 617. The summed E-state index contributed by atoms with van der Waals surface area (Å²) in [5.74, 6) is -1.12. The molecule has 21 heavy (non-hydrogen) atoms. The van der Waals surface area contributed by atoms with Crippen molar-refractivity contribution >= 4 is 16.0 Å². The summed E-state index contributed by atoms with van der Waals surface area (Å²) in [4.78, 5) is 11.4. The van der Waals surface area contributed by atoms with Crippen LogP contribution in [0.25, 0.3) is 0 Å². The lowest BCUT2D eigenvalue weighted by atomic mass is 9.93. The summed E-state index contributed by atoms with van der Waals surface area (Å²) in [6, 6.07) is 3.49. The van der Waals surface area contributed by atoms with Crippen LogP contribution >= 0.6 is 0 Å². The van der Waals surface area contributed by atoms with E-state index in [1.54, 1.807) is 0 Å². The second-order valence-corrected chi connectivity index (χ2v) is 7.65. The smallest absolute Gasteiger partial charge is 0.341 e. The van der Waals surface area contributed by atoms with Crippen LogP contribution in [0.5, 0.6) is 5.75 Å². The molecular formula is C14H21NO5S. The molecule has 0 saturated heterocycles. The Morgan fingerprint density at radius 3 is 2.48 bits per heavy atom. The summed E-state index contributed by atoms with van der Waals surface area (Å²) < 4.78 is 31.3. The number of sulfonamides is 1. The third-order valence-electron chi connectivity index (χ3n) is 2.85. The maximum atomic E-state index is 12.1. The number of methoxy groups -OCH3 is 1. The molecule has 6 nitrogen and oxygen atoms in total. The molecule has 0 spiro atoms. The molecule has 1 aromatic rings. The zero-order valence-electron chi connectivity index (χ0n) is 12.6. The van der Waals surface area contributed by atoms with Gasteiger partial charge < -0.3 is 9.84 Å². The van der Waals surface area contributed by atoms with Crippen LogP contribution in [-0.2, 0) is 14.8 Å². The lowest BCUT2D eigenvalue weighted by Gasteiger charge is -2.18. The predicted octanol–water partition coefficient (Wildman–Crippen LogP) is 1.89. The lowest BCUT2D eigenvalue weighted by Crippen LogP contribution is -2.27. The summed E-state index contributed by atoms with van der Waals surface area (Å²) >= 11 is 0. The molecule has 0 amide bonds. The maximum Gasteiger partial charge on any atom is 0.341 e. The van der Waals surface area contributed by atoms with Crippen molar-refractivity contribution in [2.75, 3.05) is 13.7 Å². The molecule has 0 aliphatic rings. The van der Waals surface area contributed by atoms with E-state index in [9.17, 15) is 18.3 Å². The number of rotatable bonds is 5. The molecule has 0 aromatic heterocycles. The van der Waals surface area contributed by atoms with Gasteiger partial charge >= 0.3 is 5.97 Å². The van der Waals surface area contributed by atoms with E-state index in [0.717, 1.165) is 19.2 Å². The highest BCUT2D eigenvalue weighted by molar-refractivity contribution is 7.89. The fourth-order valence-electron chi connectivity index (χ4n) is 1.60. The van der Waals surface area contributed by atoms with Crippen LogP contribution in [0.2, 0.25) is 0 Å². The van der Waals surface area contributed by atoms with E-state index in [4.69, 9.17) is 0 Å². The van der Waals surface area contributed by atoms with Crippen molar-refractivity contribution in [2.45, 2.75) is 32.1 Å². The predicted molar refractivity (Wildman–Crippen MR) is 78.7 cm³/mol. The molecule has 0 aliphatic heterocycles. The minimum atomic E-state index is -3.73. The summed E-state index contributed by atoms with van der Waals surface area (Å²) in [6.07, 6.45) is 0.675. The van der Waals surface area contributed by atoms with Gasteiger partial charge in [-0.05, 0) is 30.0 Å². The van der Waals surface area contributed by atoms with Crippen LogP contribution in [0.15, 0.2) is 23.1 Å². The number of phenolic OH excluding ortho intramolecular Hbond substituents is 1. The summed E-state index contributed by atoms with van der Waals surface area (Å²) in [5, 5.41) is 9.57. The van der Waals surface area contributed by atoms with Gasteiger partial charge in [0.15, 0.2) is 0 Å². The molecule has 0 saturated carbocycles. The van der Waals surface area contributed by atoms with Crippen LogP contribution in [0, 0.1) is 5.41 Å². The fraction of sp³-hybridized carbons (Fsp3) is 0.500. The molecule has 0 unspecified atom stereocenters. The van der Waals surface area contributed by atoms with Crippen molar-refractivity contribution in [2.24, 2.45) is 5.41 Å². The Kier molecular flexibility index (Phi) is 5.36. The molecule has 2 N–H and O–H groups in total. The molecule has 0 atom stereocenters. The van der Waals surface area contributed by atoms with Crippen LogP contribution in [0.4, 0.5) is 0 Å². The minimum Gasteiger partial charge on any atom is -0.507 e. The Balaban J connectivity index is 2.96. The number of carbonyl (C=O) groups excluding carboxylic acids is 1. The molecule has 0 heterocycles. The number of aromatic hydroxyl groups is 1. The van der Waals surface area contributed by atoms with Crippen molar-refractivity contribution in [1.82, 2.24) is 4.72 Å². The summed E-state index contributed by atoms with van der Waals surface area (Å²) in [6.45, 7) is 6.33. The van der Waals surface area contributed by atoms with E-state index < -0.39 is 16.0 Å². The normalized spacial score (nSPS) is 12.2. The van der Waals surface area contributed by atoms with Crippen molar-refractivity contribution in [1.29, 1.82) is 0 Å². The Morgan fingerprint density at radius 2 is 1.95 bits per heavy atom. The van der Waals surface area contributed by atoms with Crippen molar-refractivity contribution in [3.05, 3.63) is 23.8 Å². The van der Waals surface area contributed by atoms with Gasteiger partial charge in [-0.2, -0.15) is 0 Å². The summed E-state index contributed by atoms with van der Waals surface area (Å²) in [7, 11) is -2.58. The number of hydrogen-bond acceptors (Lipinski definition) is 5. The van der Waals surface area contributed by atoms with Gasteiger partial charge in [-0.25, -0.2) is 17.9 Å². The maximum absolute atomic E-state index is 12.1. The first-order valence-corrected chi connectivity index (χ1v) is 7.96. The van der Waals surface area contributed by atoms with Gasteiger partial charge in [0.2, 0.25) is 10.0 Å². The van der Waals surface area contributed by atoms with Gasteiger partial charge in [0.05, 0.1) is 12.0 Å². The molecule has 0 radical (unpaired) electrons. The average Bonchev–Trinajstić information content (AvgIpc) is 2.36. The van der Waals surface area contributed by atoms with E-state index in [0.29, 0.717) is 13.0 Å². The third-order valence-corrected chi connectivity index (χ3v) is 4.31. The van der Waals surface area contributed by atoms with E-state index >= 15 is 0 Å². The average molecular weight is 315 g/mol. The third kappa shape index (κ3) is 5.02. The minimum absolute atomic E-state index is 0.00858. The van der Waals surface area contributed by atoms with Crippen LogP contribution in [0.3, 0.4) is 0 Å². The number of phenols is 1. The highest BCUT2D eigenvalue weighted by atomic mass is 32.2. The second kappa shape index (κ2) is 6.44. The van der Waals surface area contributed by atoms with Gasteiger partial charge in [0, 0.05) is 6.54 Å². The zero-order valence-corrected chi connectivity index (χ0v) is 13.5. The molecular weight excluding hydrogens is 294 g/mol. The summed E-state index contributed by atoms with van der Waals surface area (Å²) in [5.41, 5.74) is -0.175. The van der Waals surface area contributed by atoms with Gasteiger partial charge in [0.1, 0.15) is 11.3 Å². The quantitative estimate of drug-likeness (QED) is 0.810. The number of benzene rings is 1. The number of esters is 1. The SMILES string of the molecule is COC(=O)c1cc(S(=O)(=O)NCCC(C)(C)C)ccc1O.